The summed E-state index contributed by atoms with van der Waals surface area (Å²) in [6.45, 7) is 4.89. The molecule has 0 amide bonds. The minimum Gasteiger partial charge on any atom is -0.378 e. The number of hydrogen-bond acceptors (Lipinski definition) is 6. The van der Waals surface area contributed by atoms with Crippen molar-refractivity contribution in [2.24, 2.45) is 0 Å². The first-order valence-corrected chi connectivity index (χ1v) is 10.4. The summed E-state index contributed by atoms with van der Waals surface area (Å²) in [5, 5.41) is 1.08. The first kappa shape index (κ1) is 18.0. The van der Waals surface area contributed by atoms with Gasteiger partial charge in [0.1, 0.15) is 6.33 Å². The molecule has 1 N–H and O–H groups in total. The van der Waals surface area contributed by atoms with E-state index in [1.807, 2.05) is 22.9 Å². The molecule has 0 atom stereocenters. The number of rotatable bonds is 3. The highest BCUT2D eigenvalue weighted by atomic mass is 16.5. The molecule has 3 aromatic heterocycles. The van der Waals surface area contributed by atoms with Gasteiger partial charge in [0.2, 0.25) is 11.9 Å². The molecular weight excluding hydrogens is 390 g/mol. The van der Waals surface area contributed by atoms with Crippen molar-refractivity contribution in [3.8, 4) is 17.3 Å². The van der Waals surface area contributed by atoms with Crippen LogP contribution in [0.1, 0.15) is 5.56 Å². The Morgan fingerprint density at radius 1 is 0.968 bits per heavy atom. The zero-order valence-corrected chi connectivity index (χ0v) is 17.1. The number of ether oxygens (including phenoxy) is 1. The van der Waals surface area contributed by atoms with Crippen LogP contribution in [0.3, 0.4) is 0 Å². The van der Waals surface area contributed by atoms with Gasteiger partial charge in [0.05, 0.1) is 24.2 Å². The van der Waals surface area contributed by atoms with Gasteiger partial charge >= 0.3 is 0 Å². The number of aryl methyl sites for hydroxylation is 1. The molecule has 0 saturated carbocycles. The molecule has 0 radical (unpaired) electrons. The Balaban J connectivity index is 1.57. The zero-order valence-electron chi connectivity index (χ0n) is 17.1. The number of nitrogens with one attached hydrogen (secondary N) is 1. The number of anilines is 1. The lowest BCUT2D eigenvalue weighted by atomic mass is 10.1. The van der Waals surface area contributed by atoms with Crippen molar-refractivity contribution in [2.75, 3.05) is 31.2 Å². The third kappa shape index (κ3) is 3.12. The Kier molecular flexibility index (Phi) is 4.17. The van der Waals surface area contributed by atoms with Gasteiger partial charge in [-0.3, -0.25) is 4.57 Å². The van der Waals surface area contributed by atoms with Gasteiger partial charge in [0.25, 0.3) is 0 Å². The molecule has 0 spiro atoms. The predicted octanol–water partition coefficient (Wildman–Crippen LogP) is 3.50. The summed E-state index contributed by atoms with van der Waals surface area (Å²) in [5.74, 6) is 1.86. The van der Waals surface area contributed by atoms with Crippen LogP contribution in [0.15, 0.2) is 55.0 Å². The Hall–Kier alpha value is -3.78. The lowest BCUT2D eigenvalue weighted by Crippen LogP contribution is -2.37. The fourth-order valence-electron chi connectivity index (χ4n) is 4.05. The van der Waals surface area contributed by atoms with Crippen LogP contribution in [0.4, 0.5) is 5.95 Å². The van der Waals surface area contributed by atoms with Crippen LogP contribution in [0, 0.1) is 6.92 Å². The minimum atomic E-state index is 0.561. The van der Waals surface area contributed by atoms with Gasteiger partial charge in [-0.05, 0) is 36.8 Å². The third-order valence-corrected chi connectivity index (χ3v) is 5.66. The molecule has 1 aliphatic rings. The fraction of sp³-hybridized carbons (Fsp3) is 0.217. The van der Waals surface area contributed by atoms with Crippen LogP contribution in [-0.2, 0) is 4.74 Å². The summed E-state index contributed by atoms with van der Waals surface area (Å²) in [5.41, 5.74) is 5.08. The molecule has 6 rings (SSSR count). The van der Waals surface area contributed by atoms with E-state index in [4.69, 9.17) is 19.7 Å². The van der Waals surface area contributed by atoms with Gasteiger partial charge in [-0.15, -0.1) is 0 Å². The molecule has 8 nitrogen and oxygen atoms in total. The molecule has 4 heterocycles. The smallest absolute Gasteiger partial charge is 0.240 e. The predicted molar refractivity (Wildman–Crippen MR) is 120 cm³/mol. The van der Waals surface area contributed by atoms with Crippen LogP contribution < -0.4 is 4.90 Å². The van der Waals surface area contributed by atoms with Gasteiger partial charge < -0.3 is 14.6 Å². The maximum atomic E-state index is 5.52. The molecule has 5 aromatic rings. The Labute approximate surface area is 178 Å². The highest BCUT2D eigenvalue weighted by molar-refractivity contribution is 5.93. The normalized spacial score (nSPS) is 14.5. The molecule has 0 bridgehead atoms. The first-order valence-electron chi connectivity index (χ1n) is 10.4. The van der Waals surface area contributed by atoms with Gasteiger partial charge in [0.15, 0.2) is 5.82 Å². The second-order valence-corrected chi connectivity index (χ2v) is 7.71. The van der Waals surface area contributed by atoms with E-state index in [0.717, 1.165) is 40.6 Å². The number of aromatic amines is 1. The number of aromatic nitrogens is 6. The summed E-state index contributed by atoms with van der Waals surface area (Å²) in [6, 6.07) is 14.4. The number of imidazole rings is 1. The SMILES string of the molecule is Cc1ccc2c(c1)ncn2-c1nc(-c2cccc3[nH]ccc23)nc(N2CCOCC2)n1. The summed E-state index contributed by atoms with van der Waals surface area (Å²) in [4.78, 5) is 24.5. The average Bonchev–Trinajstić information content (AvgIpc) is 3.46. The summed E-state index contributed by atoms with van der Waals surface area (Å²) in [6.07, 6.45) is 3.72. The Bertz CT molecular complexity index is 1400. The topological polar surface area (TPSA) is 84.8 Å². The maximum Gasteiger partial charge on any atom is 0.240 e. The number of hydrogen-bond donors (Lipinski definition) is 1. The summed E-state index contributed by atoms with van der Waals surface area (Å²) >= 11 is 0. The van der Waals surface area contributed by atoms with Crippen LogP contribution in [0.25, 0.3) is 39.3 Å². The molecule has 0 unspecified atom stereocenters. The van der Waals surface area contributed by atoms with Crippen LogP contribution in [0.5, 0.6) is 0 Å². The summed E-state index contributed by atoms with van der Waals surface area (Å²) in [7, 11) is 0. The molecule has 8 heteroatoms. The fourth-order valence-corrected chi connectivity index (χ4v) is 4.05. The lowest BCUT2D eigenvalue weighted by molar-refractivity contribution is 0.122. The molecule has 31 heavy (non-hydrogen) atoms. The molecule has 1 fully saturated rings. The van der Waals surface area contributed by atoms with E-state index in [-0.39, 0.29) is 0 Å². The minimum absolute atomic E-state index is 0.561. The zero-order chi connectivity index (χ0) is 20.8. The van der Waals surface area contributed by atoms with Crippen molar-refractivity contribution >= 4 is 27.9 Å². The van der Waals surface area contributed by atoms with Crippen molar-refractivity contribution in [1.29, 1.82) is 0 Å². The van der Waals surface area contributed by atoms with Crippen molar-refractivity contribution in [2.45, 2.75) is 6.92 Å². The van der Waals surface area contributed by atoms with E-state index in [0.29, 0.717) is 30.9 Å². The number of H-pyrrole nitrogens is 1. The highest BCUT2D eigenvalue weighted by Gasteiger charge is 2.20. The second kappa shape index (κ2) is 7.17. The van der Waals surface area contributed by atoms with Crippen LogP contribution >= 0.6 is 0 Å². The lowest BCUT2D eigenvalue weighted by Gasteiger charge is -2.27. The maximum absolute atomic E-state index is 5.52. The van der Waals surface area contributed by atoms with E-state index in [9.17, 15) is 0 Å². The van der Waals surface area contributed by atoms with Crippen molar-refractivity contribution < 1.29 is 4.74 Å². The number of nitrogens with zero attached hydrogens (tertiary/aromatic N) is 6. The van der Waals surface area contributed by atoms with Crippen LogP contribution in [-0.4, -0.2) is 55.8 Å². The van der Waals surface area contributed by atoms with E-state index >= 15 is 0 Å². The first-order chi connectivity index (χ1) is 15.3. The number of benzene rings is 2. The molecule has 0 aliphatic carbocycles. The summed E-state index contributed by atoms with van der Waals surface area (Å²) < 4.78 is 7.45. The largest absolute Gasteiger partial charge is 0.378 e. The molecule has 1 saturated heterocycles. The highest BCUT2D eigenvalue weighted by Crippen LogP contribution is 2.28. The van der Waals surface area contributed by atoms with E-state index in [1.54, 1.807) is 6.33 Å². The van der Waals surface area contributed by atoms with Crippen molar-refractivity contribution in [3.05, 3.63) is 60.6 Å². The van der Waals surface area contributed by atoms with E-state index in [2.05, 4.69) is 52.1 Å². The number of morpholine rings is 1. The molecule has 2 aromatic carbocycles. The van der Waals surface area contributed by atoms with Crippen LogP contribution in [0.2, 0.25) is 0 Å². The van der Waals surface area contributed by atoms with Crippen molar-refractivity contribution in [1.82, 2.24) is 29.5 Å². The van der Waals surface area contributed by atoms with Gasteiger partial charge in [-0.25, -0.2) is 4.98 Å². The van der Waals surface area contributed by atoms with Gasteiger partial charge in [-0.2, -0.15) is 15.0 Å². The number of fused-ring (bicyclic) bond motifs is 2. The Morgan fingerprint density at radius 3 is 2.74 bits per heavy atom. The second-order valence-electron chi connectivity index (χ2n) is 7.71. The van der Waals surface area contributed by atoms with E-state index in [1.165, 1.54) is 5.56 Å². The Morgan fingerprint density at radius 2 is 1.84 bits per heavy atom. The third-order valence-electron chi connectivity index (χ3n) is 5.66. The van der Waals surface area contributed by atoms with Crippen molar-refractivity contribution in [3.63, 3.8) is 0 Å². The standard InChI is InChI=1S/C23H21N7O/c1-15-5-6-20-19(13-15)25-14-30(20)23-27-21(17-3-2-4-18-16(17)7-8-24-18)26-22(28-23)29-9-11-31-12-10-29/h2-8,13-14,24H,9-12H2,1H3. The van der Waals surface area contributed by atoms with Gasteiger partial charge in [-0.1, -0.05) is 18.2 Å². The average molecular weight is 411 g/mol. The quantitative estimate of drug-likeness (QED) is 0.489. The van der Waals surface area contributed by atoms with E-state index < -0.39 is 0 Å². The molecular formula is C23H21N7O. The monoisotopic (exact) mass is 411 g/mol. The van der Waals surface area contributed by atoms with Gasteiger partial charge in [0, 0.05) is 35.8 Å². The molecule has 154 valence electrons. The molecule has 1 aliphatic heterocycles.